The molecular weight excluding hydrogens is 342 g/mol. The van der Waals surface area contributed by atoms with E-state index in [1.165, 1.54) is 5.01 Å². The molecule has 0 aromatic heterocycles. The van der Waals surface area contributed by atoms with E-state index in [2.05, 4.69) is 10.4 Å². The van der Waals surface area contributed by atoms with Crippen molar-refractivity contribution in [1.29, 1.82) is 0 Å². The Bertz CT molecular complexity index is 840. The van der Waals surface area contributed by atoms with E-state index >= 15 is 0 Å². The second kappa shape index (κ2) is 6.59. The Labute approximate surface area is 147 Å². The van der Waals surface area contributed by atoms with Gasteiger partial charge in [0.15, 0.2) is 9.84 Å². The van der Waals surface area contributed by atoms with Crippen molar-refractivity contribution in [3.63, 3.8) is 0 Å². The van der Waals surface area contributed by atoms with Gasteiger partial charge in [-0.2, -0.15) is 5.10 Å². The Morgan fingerprint density at radius 3 is 2.48 bits per heavy atom. The van der Waals surface area contributed by atoms with Crippen LogP contribution in [0.2, 0.25) is 0 Å². The molecule has 1 N–H and O–H groups in total. The molecule has 7 nitrogen and oxygen atoms in total. The van der Waals surface area contributed by atoms with Crippen LogP contribution in [0.25, 0.3) is 0 Å². The Morgan fingerprint density at radius 1 is 1.20 bits per heavy atom. The number of hydrazone groups is 1. The molecule has 0 spiro atoms. The van der Waals surface area contributed by atoms with E-state index in [4.69, 9.17) is 0 Å². The Morgan fingerprint density at radius 2 is 1.88 bits per heavy atom. The summed E-state index contributed by atoms with van der Waals surface area (Å²) in [5.74, 6) is -0.622. The Kier molecular flexibility index (Phi) is 4.64. The second-order valence-corrected chi connectivity index (χ2v) is 8.90. The smallest absolute Gasteiger partial charge is 0.271 e. The third kappa shape index (κ3) is 4.07. The maximum atomic E-state index is 12.5. The van der Waals surface area contributed by atoms with Gasteiger partial charge < -0.3 is 5.32 Å². The van der Waals surface area contributed by atoms with Crippen LogP contribution in [0.15, 0.2) is 23.3 Å². The van der Waals surface area contributed by atoms with Crippen LogP contribution < -0.4 is 5.32 Å². The lowest BCUT2D eigenvalue weighted by atomic mass is 10.1. The van der Waals surface area contributed by atoms with Crippen molar-refractivity contribution in [2.45, 2.75) is 39.2 Å². The lowest BCUT2D eigenvalue weighted by Gasteiger charge is -2.27. The van der Waals surface area contributed by atoms with Gasteiger partial charge in [0.25, 0.3) is 5.91 Å². The van der Waals surface area contributed by atoms with E-state index < -0.39 is 15.9 Å². The molecule has 0 aliphatic carbocycles. The average molecular weight is 363 g/mol. The van der Waals surface area contributed by atoms with Crippen molar-refractivity contribution in [1.82, 2.24) is 5.01 Å². The number of rotatable bonds is 3. The summed E-state index contributed by atoms with van der Waals surface area (Å²) in [5.41, 5.74) is 3.00. The minimum absolute atomic E-state index is 0.0566. The van der Waals surface area contributed by atoms with Gasteiger partial charge in [0, 0.05) is 18.5 Å². The average Bonchev–Trinajstić information content (AvgIpc) is 2.86. The third-order valence-electron chi connectivity index (χ3n) is 4.36. The van der Waals surface area contributed by atoms with E-state index in [-0.39, 0.29) is 41.9 Å². The van der Waals surface area contributed by atoms with Crippen LogP contribution in [-0.4, -0.2) is 48.5 Å². The summed E-state index contributed by atoms with van der Waals surface area (Å²) >= 11 is 0. The molecule has 1 aromatic rings. The molecule has 2 aliphatic rings. The van der Waals surface area contributed by atoms with Crippen LogP contribution >= 0.6 is 0 Å². The number of amides is 2. The van der Waals surface area contributed by atoms with Crippen molar-refractivity contribution in [3.8, 4) is 0 Å². The molecule has 25 heavy (non-hydrogen) atoms. The van der Waals surface area contributed by atoms with Gasteiger partial charge in [0.2, 0.25) is 5.91 Å². The number of sulfone groups is 1. The fourth-order valence-corrected chi connectivity index (χ4v) is 4.93. The predicted molar refractivity (Wildman–Crippen MR) is 95.1 cm³/mol. The van der Waals surface area contributed by atoms with Gasteiger partial charge in [0.05, 0.1) is 17.5 Å². The van der Waals surface area contributed by atoms with Gasteiger partial charge in [-0.3, -0.25) is 9.59 Å². The van der Waals surface area contributed by atoms with E-state index in [1.54, 1.807) is 0 Å². The summed E-state index contributed by atoms with van der Waals surface area (Å²) in [5, 5.41) is 8.18. The largest absolute Gasteiger partial charge is 0.321 e. The first-order valence-electron chi connectivity index (χ1n) is 8.23. The van der Waals surface area contributed by atoms with Gasteiger partial charge in [-0.25, -0.2) is 13.4 Å². The normalized spacial score (nSPS) is 22.6. The number of nitrogens with one attached hydrogen (secondary N) is 1. The SMILES string of the molecule is Cc1cc(C)cc(NC(=O)C2=NN([C@H]3CCS(=O)(=O)C3)C(=O)CC2)c1. The molecule has 2 amide bonds. The molecule has 0 radical (unpaired) electrons. The minimum atomic E-state index is -3.13. The molecule has 8 heteroatoms. The number of anilines is 1. The lowest BCUT2D eigenvalue weighted by Crippen LogP contribution is -2.42. The molecule has 0 unspecified atom stereocenters. The van der Waals surface area contributed by atoms with Gasteiger partial charge >= 0.3 is 0 Å². The van der Waals surface area contributed by atoms with Crippen LogP contribution in [0.1, 0.15) is 30.4 Å². The fraction of sp³-hybridized carbons (Fsp3) is 0.471. The molecule has 2 aliphatic heterocycles. The summed E-state index contributed by atoms with van der Waals surface area (Å²) in [4.78, 5) is 24.6. The van der Waals surface area contributed by atoms with Crippen molar-refractivity contribution in [3.05, 3.63) is 29.3 Å². The van der Waals surface area contributed by atoms with Crippen molar-refractivity contribution in [2.75, 3.05) is 16.8 Å². The predicted octanol–water partition coefficient (Wildman–Crippen LogP) is 1.41. The second-order valence-electron chi connectivity index (χ2n) is 6.67. The molecule has 3 rings (SSSR count). The summed E-state index contributed by atoms with van der Waals surface area (Å²) in [6.45, 7) is 3.89. The monoisotopic (exact) mass is 363 g/mol. The molecule has 0 bridgehead atoms. The number of benzene rings is 1. The highest BCUT2D eigenvalue weighted by Gasteiger charge is 2.37. The third-order valence-corrected chi connectivity index (χ3v) is 6.11. The van der Waals surface area contributed by atoms with Gasteiger partial charge in [-0.15, -0.1) is 0 Å². The summed E-state index contributed by atoms with van der Waals surface area (Å²) < 4.78 is 23.3. The first kappa shape index (κ1) is 17.6. The molecule has 2 heterocycles. The van der Waals surface area contributed by atoms with Crippen molar-refractivity contribution >= 4 is 33.1 Å². The maximum absolute atomic E-state index is 12.5. The van der Waals surface area contributed by atoms with Gasteiger partial charge in [-0.1, -0.05) is 6.07 Å². The number of hydrogen-bond donors (Lipinski definition) is 1. The zero-order valence-corrected chi connectivity index (χ0v) is 15.1. The molecule has 1 aromatic carbocycles. The topological polar surface area (TPSA) is 95.9 Å². The highest BCUT2D eigenvalue weighted by Crippen LogP contribution is 2.22. The molecule has 1 fully saturated rings. The van der Waals surface area contributed by atoms with E-state index in [0.717, 1.165) is 11.1 Å². The molecule has 1 atom stereocenters. The van der Waals surface area contributed by atoms with Crippen LogP contribution in [0.4, 0.5) is 5.69 Å². The lowest BCUT2D eigenvalue weighted by molar-refractivity contribution is -0.133. The highest BCUT2D eigenvalue weighted by molar-refractivity contribution is 7.91. The van der Waals surface area contributed by atoms with Crippen LogP contribution in [-0.2, 0) is 19.4 Å². The Hall–Kier alpha value is -2.22. The van der Waals surface area contributed by atoms with E-state index in [0.29, 0.717) is 12.1 Å². The fourth-order valence-electron chi connectivity index (χ4n) is 3.24. The Balaban J connectivity index is 1.77. The summed E-state index contributed by atoms with van der Waals surface area (Å²) in [6, 6.07) is 5.26. The van der Waals surface area contributed by atoms with Crippen molar-refractivity contribution < 1.29 is 18.0 Å². The van der Waals surface area contributed by atoms with E-state index in [9.17, 15) is 18.0 Å². The van der Waals surface area contributed by atoms with Crippen LogP contribution in [0.5, 0.6) is 0 Å². The van der Waals surface area contributed by atoms with Crippen LogP contribution in [0.3, 0.4) is 0 Å². The van der Waals surface area contributed by atoms with Gasteiger partial charge in [-0.05, 0) is 43.5 Å². The number of nitrogens with zero attached hydrogens (tertiary/aromatic N) is 2. The number of aryl methyl sites for hydroxylation is 2. The molecule has 1 saturated heterocycles. The zero-order valence-electron chi connectivity index (χ0n) is 14.3. The standard InChI is InChI=1S/C17H21N3O4S/c1-11-7-12(2)9-13(8-11)18-17(22)15-3-4-16(21)20(19-15)14-5-6-25(23,24)10-14/h7-9,14H,3-6,10H2,1-2H3,(H,18,22)/t14-/m0/s1. The minimum Gasteiger partial charge on any atom is -0.321 e. The zero-order chi connectivity index (χ0) is 18.2. The number of hydrogen-bond acceptors (Lipinski definition) is 5. The molecule has 0 saturated carbocycles. The molecular formula is C17H21N3O4S. The first-order valence-corrected chi connectivity index (χ1v) is 10.1. The van der Waals surface area contributed by atoms with Crippen molar-refractivity contribution in [2.24, 2.45) is 5.10 Å². The van der Waals surface area contributed by atoms with Gasteiger partial charge in [0.1, 0.15) is 5.71 Å². The summed E-state index contributed by atoms with van der Waals surface area (Å²) in [7, 11) is -3.13. The first-order chi connectivity index (χ1) is 11.7. The molecule has 134 valence electrons. The summed E-state index contributed by atoms with van der Waals surface area (Å²) in [6.07, 6.45) is 0.782. The number of carbonyl (C=O) groups excluding carboxylic acids is 2. The highest BCUT2D eigenvalue weighted by atomic mass is 32.2. The number of carbonyl (C=O) groups is 2. The van der Waals surface area contributed by atoms with Crippen LogP contribution in [0, 0.1) is 13.8 Å². The quantitative estimate of drug-likeness (QED) is 0.878. The maximum Gasteiger partial charge on any atom is 0.271 e. The van der Waals surface area contributed by atoms with E-state index in [1.807, 2.05) is 32.0 Å².